The Balaban J connectivity index is 1.89. The fraction of sp³-hybridized carbons (Fsp3) is 0.0667. The van der Waals surface area contributed by atoms with E-state index in [0.717, 1.165) is 17.3 Å². The molecule has 0 aliphatic carbocycles. The lowest BCUT2D eigenvalue weighted by atomic mass is 10.1. The smallest absolute Gasteiger partial charge is 0.289 e. The van der Waals surface area contributed by atoms with Crippen molar-refractivity contribution in [1.29, 1.82) is 0 Å². The minimum atomic E-state index is -0.417. The van der Waals surface area contributed by atoms with Gasteiger partial charge in [0.05, 0.1) is 9.83 Å². The van der Waals surface area contributed by atoms with Gasteiger partial charge in [0, 0.05) is 17.2 Å². The topological polar surface area (TPSA) is 85.4 Å². The van der Waals surface area contributed by atoms with Gasteiger partial charge >= 0.3 is 0 Å². The summed E-state index contributed by atoms with van der Waals surface area (Å²) in [6.07, 6.45) is 1.69. The van der Waals surface area contributed by atoms with Crippen LogP contribution in [-0.4, -0.2) is 15.2 Å². The van der Waals surface area contributed by atoms with Crippen molar-refractivity contribution in [2.45, 2.75) is 6.92 Å². The van der Waals surface area contributed by atoms with Crippen LogP contribution in [0.25, 0.3) is 17.4 Å². The summed E-state index contributed by atoms with van der Waals surface area (Å²) in [6, 6.07) is 8.32. The van der Waals surface area contributed by atoms with E-state index in [2.05, 4.69) is 5.32 Å². The highest BCUT2D eigenvalue weighted by molar-refractivity contribution is 8.19. The van der Waals surface area contributed by atoms with E-state index >= 15 is 0 Å². The zero-order valence-electron chi connectivity index (χ0n) is 11.9. The van der Waals surface area contributed by atoms with Gasteiger partial charge in [0.1, 0.15) is 16.5 Å². The molecule has 1 aromatic carbocycles. The molecule has 0 radical (unpaired) electrons. The molecule has 1 saturated heterocycles. The molecule has 0 atom stereocenters. The summed E-state index contributed by atoms with van der Waals surface area (Å²) in [7, 11) is 0. The SMILES string of the molecule is Cc1cc(-c2ccc(/C=C3\SC(=O)NC3=S)o2)ccc1[N+](=O)[O-]. The van der Waals surface area contributed by atoms with E-state index in [0.29, 0.717) is 27.0 Å². The highest BCUT2D eigenvalue weighted by Gasteiger charge is 2.22. The average molecular weight is 346 g/mol. The first-order valence-electron chi connectivity index (χ1n) is 6.54. The van der Waals surface area contributed by atoms with Gasteiger partial charge in [-0.25, -0.2) is 0 Å². The summed E-state index contributed by atoms with van der Waals surface area (Å²) in [6.45, 7) is 1.68. The van der Waals surface area contributed by atoms with Crippen LogP contribution in [0, 0.1) is 17.0 Å². The summed E-state index contributed by atoms with van der Waals surface area (Å²) in [5.74, 6) is 1.14. The number of amides is 1. The van der Waals surface area contributed by atoms with Crippen molar-refractivity contribution in [3.63, 3.8) is 0 Å². The van der Waals surface area contributed by atoms with Gasteiger partial charge in [0.15, 0.2) is 0 Å². The predicted octanol–water partition coefficient (Wildman–Crippen LogP) is 4.29. The molecule has 0 unspecified atom stereocenters. The number of hydrogen-bond acceptors (Lipinski definition) is 6. The van der Waals surface area contributed by atoms with E-state index in [1.165, 1.54) is 6.07 Å². The zero-order chi connectivity index (χ0) is 16.6. The van der Waals surface area contributed by atoms with Gasteiger partial charge in [-0.1, -0.05) is 12.2 Å². The number of carbonyl (C=O) groups excluding carboxylic acids is 1. The number of hydrogen-bond donors (Lipinski definition) is 1. The van der Waals surface area contributed by atoms with Crippen LogP contribution in [-0.2, 0) is 0 Å². The fourth-order valence-corrected chi connectivity index (χ4v) is 3.16. The van der Waals surface area contributed by atoms with Crippen LogP contribution < -0.4 is 5.32 Å². The first-order chi connectivity index (χ1) is 10.9. The Labute approximate surface area is 140 Å². The molecule has 1 N–H and O–H groups in total. The van der Waals surface area contributed by atoms with Crippen LogP contribution in [0.5, 0.6) is 0 Å². The third kappa shape index (κ3) is 3.17. The number of carbonyl (C=O) groups is 1. The van der Waals surface area contributed by atoms with Gasteiger partial charge in [-0.3, -0.25) is 14.9 Å². The number of nitrogens with zero attached hydrogens (tertiary/aromatic N) is 1. The molecule has 116 valence electrons. The van der Waals surface area contributed by atoms with Gasteiger partial charge in [0.25, 0.3) is 10.9 Å². The average Bonchev–Trinajstić information content (AvgIpc) is 3.06. The second-order valence-electron chi connectivity index (χ2n) is 4.81. The van der Waals surface area contributed by atoms with Gasteiger partial charge in [0.2, 0.25) is 0 Å². The molecule has 0 spiro atoms. The summed E-state index contributed by atoms with van der Waals surface area (Å²) in [4.78, 5) is 22.7. The van der Waals surface area contributed by atoms with Crippen molar-refractivity contribution in [3.05, 3.63) is 56.7 Å². The predicted molar refractivity (Wildman–Crippen MR) is 92.2 cm³/mol. The van der Waals surface area contributed by atoms with Crippen LogP contribution in [0.2, 0.25) is 0 Å². The maximum atomic E-state index is 11.2. The number of nitro benzene ring substituents is 1. The van der Waals surface area contributed by atoms with Gasteiger partial charge in [-0.2, -0.15) is 0 Å². The molecule has 2 heterocycles. The van der Waals surface area contributed by atoms with Crippen LogP contribution >= 0.6 is 24.0 Å². The number of rotatable bonds is 3. The largest absolute Gasteiger partial charge is 0.457 e. The lowest BCUT2D eigenvalue weighted by Crippen LogP contribution is -2.15. The molecule has 1 fully saturated rings. The monoisotopic (exact) mass is 346 g/mol. The molecule has 2 aromatic rings. The van der Waals surface area contributed by atoms with Crippen LogP contribution in [0.3, 0.4) is 0 Å². The lowest BCUT2D eigenvalue weighted by Gasteiger charge is -2.00. The quantitative estimate of drug-likeness (QED) is 0.386. The number of thiocarbonyl (C=S) groups is 1. The second kappa shape index (κ2) is 5.98. The number of thioether (sulfide) groups is 1. The molecule has 6 nitrogen and oxygen atoms in total. The van der Waals surface area contributed by atoms with E-state index in [9.17, 15) is 14.9 Å². The molecule has 23 heavy (non-hydrogen) atoms. The Hall–Kier alpha value is -2.45. The molecule has 8 heteroatoms. The Morgan fingerprint density at radius 1 is 1.35 bits per heavy atom. The Morgan fingerprint density at radius 3 is 2.74 bits per heavy atom. The van der Waals surface area contributed by atoms with Gasteiger partial charge in [-0.05, 0) is 49.0 Å². The molecular weight excluding hydrogens is 336 g/mol. The van der Waals surface area contributed by atoms with Crippen LogP contribution in [0.1, 0.15) is 11.3 Å². The Kier molecular flexibility index (Phi) is 4.01. The van der Waals surface area contributed by atoms with Crippen molar-refractivity contribution in [1.82, 2.24) is 5.32 Å². The zero-order valence-corrected chi connectivity index (χ0v) is 13.5. The number of aryl methyl sites for hydroxylation is 1. The second-order valence-corrected chi connectivity index (χ2v) is 6.24. The van der Waals surface area contributed by atoms with Crippen molar-refractivity contribution in [2.75, 3.05) is 0 Å². The number of nitrogens with one attached hydrogen (secondary N) is 1. The minimum Gasteiger partial charge on any atom is -0.457 e. The third-order valence-corrected chi connectivity index (χ3v) is 4.50. The van der Waals surface area contributed by atoms with Crippen molar-refractivity contribution in [2.24, 2.45) is 0 Å². The number of furan rings is 1. The highest BCUT2D eigenvalue weighted by atomic mass is 32.2. The number of nitro groups is 1. The molecule has 1 aromatic heterocycles. The van der Waals surface area contributed by atoms with Crippen molar-refractivity contribution in [3.8, 4) is 11.3 Å². The highest BCUT2D eigenvalue weighted by Crippen LogP contribution is 2.30. The molecule has 3 rings (SSSR count). The summed E-state index contributed by atoms with van der Waals surface area (Å²) >= 11 is 6.06. The standard InChI is InChI=1S/C15H10N2O4S2/c1-8-6-9(2-4-11(8)17(19)20)12-5-3-10(21-12)7-13-14(22)16-15(18)23-13/h2-7H,1H3,(H,16,18,22)/b13-7-. The van der Waals surface area contributed by atoms with E-state index in [1.54, 1.807) is 37.3 Å². The third-order valence-electron chi connectivity index (χ3n) is 3.22. The van der Waals surface area contributed by atoms with Crippen molar-refractivity contribution >= 4 is 46.0 Å². The Morgan fingerprint density at radius 2 is 2.13 bits per heavy atom. The molecular formula is C15H10N2O4S2. The summed E-state index contributed by atoms with van der Waals surface area (Å²) in [5.41, 5.74) is 1.37. The summed E-state index contributed by atoms with van der Waals surface area (Å²) < 4.78 is 5.71. The first-order valence-corrected chi connectivity index (χ1v) is 7.76. The van der Waals surface area contributed by atoms with E-state index in [4.69, 9.17) is 16.6 Å². The maximum Gasteiger partial charge on any atom is 0.289 e. The first kappa shape index (κ1) is 15.4. The summed E-state index contributed by atoms with van der Waals surface area (Å²) in [5, 5.41) is 13.2. The normalized spacial score (nSPS) is 16.0. The molecule has 0 saturated carbocycles. The fourth-order valence-electron chi connectivity index (χ4n) is 2.15. The van der Waals surface area contributed by atoms with E-state index in [1.807, 2.05) is 0 Å². The Bertz CT molecular complexity index is 870. The minimum absolute atomic E-state index is 0.0694. The van der Waals surface area contributed by atoms with Crippen LogP contribution in [0.15, 0.2) is 39.7 Å². The van der Waals surface area contributed by atoms with Gasteiger partial charge in [-0.15, -0.1) is 0 Å². The lowest BCUT2D eigenvalue weighted by molar-refractivity contribution is -0.385. The van der Waals surface area contributed by atoms with E-state index < -0.39 is 4.92 Å². The molecule has 0 bridgehead atoms. The number of benzene rings is 1. The maximum absolute atomic E-state index is 11.2. The van der Waals surface area contributed by atoms with Crippen molar-refractivity contribution < 1.29 is 14.1 Å². The van der Waals surface area contributed by atoms with Gasteiger partial charge < -0.3 is 9.73 Å². The molecule has 1 aliphatic heterocycles. The molecule has 1 aliphatic rings. The van der Waals surface area contributed by atoms with E-state index in [-0.39, 0.29) is 10.9 Å². The molecule has 1 amide bonds. The van der Waals surface area contributed by atoms with Crippen LogP contribution in [0.4, 0.5) is 10.5 Å².